The molecule has 0 amide bonds. The number of nitrogens with zero attached hydrogens (tertiary/aromatic N) is 2. The fourth-order valence-corrected chi connectivity index (χ4v) is 2.05. The van der Waals surface area contributed by atoms with E-state index >= 15 is 0 Å². The number of ether oxygens (including phenoxy) is 1. The largest absolute Gasteiger partial charge is 0.444 e. The lowest BCUT2D eigenvalue weighted by atomic mass is 10.2. The molecule has 0 aliphatic carbocycles. The Kier molecular flexibility index (Phi) is 3.87. The van der Waals surface area contributed by atoms with Crippen LogP contribution in [-0.4, -0.2) is 9.78 Å². The second-order valence-corrected chi connectivity index (χ2v) is 5.21. The van der Waals surface area contributed by atoms with E-state index in [1.165, 1.54) is 0 Å². The molecule has 2 aromatic carbocycles. The number of aromatic nitrogens is 2. The summed E-state index contributed by atoms with van der Waals surface area (Å²) in [5.41, 5.74) is 1.58. The van der Waals surface area contributed by atoms with E-state index in [1.807, 2.05) is 42.5 Å². The highest BCUT2D eigenvalue weighted by atomic mass is 79.9. The summed E-state index contributed by atoms with van der Waals surface area (Å²) in [5.74, 6) is -0.583. The molecular weight excluding hydrogens is 336 g/mol. The monoisotopic (exact) mass is 346 g/mol. The first kappa shape index (κ1) is 13.6. The van der Waals surface area contributed by atoms with Crippen molar-refractivity contribution in [1.29, 1.82) is 0 Å². The quantitative estimate of drug-likeness (QED) is 0.728. The minimum Gasteiger partial charge on any atom is -0.444 e. The molecule has 0 radical (unpaired) electrons. The lowest BCUT2D eigenvalue weighted by Crippen LogP contribution is -2.13. The van der Waals surface area contributed by atoms with E-state index in [-0.39, 0.29) is 6.08 Å². The van der Waals surface area contributed by atoms with Crippen molar-refractivity contribution in [2.45, 2.75) is 6.61 Å². The molecule has 0 aliphatic heterocycles. The molecule has 0 saturated carbocycles. The Morgan fingerprint density at radius 1 is 1.10 bits per heavy atom. The van der Waals surface area contributed by atoms with Gasteiger partial charge in [0.2, 0.25) is 0 Å². The first-order valence-corrected chi connectivity index (χ1v) is 7.04. The normalized spacial score (nSPS) is 10.5. The van der Waals surface area contributed by atoms with Gasteiger partial charge in [-0.15, -0.1) is 0 Å². The minimum absolute atomic E-state index is 0.0493. The van der Waals surface area contributed by atoms with Gasteiger partial charge in [0.15, 0.2) is 0 Å². The van der Waals surface area contributed by atoms with Crippen molar-refractivity contribution in [3.8, 4) is 11.8 Å². The van der Waals surface area contributed by atoms with Crippen molar-refractivity contribution in [3.05, 3.63) is 75.2 Å². The summed E-state index contributed by atoms with van der Waals surface area (Å²) in [6, 6.07) is 16.7. The van der Waals surface area contributed by atoms with Crippen molar-refractivity contribution in [3.63, 3.8) is 0 Å². The van der Waals surface area contributed by atoms with Crippen LogP contribution in [0.1, 0.15) is 5.56 Å². The summed E-state index contributed by atoms with van der Waals surface area (Å²) in [6.45, 7) is 0.293. The molecule has 5 nitrogen and oxygen atoms in total. The van der Waals surface area contributed by atoms with Gasteiger partial charge in [-0.25, -0.2) is 4.79 Å². The van der Waals surface area contributed by atoms with Crippen LogP contribution < -0.4 is 10.5 Å². The molecule has 21 heavy (non-hydrogen) atoms. The lowest BCUT2D eigenvalue weighted by Gasteiger charge is -2.00. The molecule has 3 aromatic rings. The van der Waals surface area contributed by atoms with Crippen molar-refractivity contribution < 1.29 is 9.15 Å². The molecule has 1 aromatic heterocycles. The van der Waals surface area contributed by atoms with Gasteiger partial charge in [0, 0.05) is 4.47 Å². The van der Waals surface area contributed by atoms with Gasteiger partial charge in [-0.2, -0.15) is 4.68 Å². The first-order chi connectivity index (χ1) is 10.2. The molecule has 0 atom stereocenters. The van der Waals surface area contributed by atoms with Crippen LogP contribution in [0.25, 0.3) is 5.69 Å². The minimum atomic E-state index is -0.583. The molecule has 0 bridgehead atoms. The average Bonchev–Trinajstić information content (AvgIpc) is 2.88. The molecule has 0 aliphatic rings. The van der Waals surface area contributed by atoms with Gasteiger partial charge in [0.25, 0.3) is 0 Å². The SMILES string of the molecule is O=c1oc(OCc2ccccc2)nn1-c1ccc(Br)cc1. The summed E-state index contributed by atoms with van der Waals surface area (Å²) in [4.78, 5) is 11.8. The summed E-state index contributed by atoms with van der Waals surface area (Å²) in [7, 11) is 0. The van der Waals surface area contributed by atoms with Crippen LogP contribution in [-0.2, 0) is 6.61 Å². The maximum Gasteiger partial charge on any atom is 0.444 e. The molecule has 0 unspecified atom stereocenters. The molecule has 3 rings (SSSR count). The summed E-state index contributed by atoms with van der Waals surface area (Å²) >= 11 is 3.34. The smallest absolute Gasteiger partial charge is 0.444 e. The predicted molar refractivity (Wildman–Crippen MR) is 80.6 cm³/mol. The topological polar surface area (TPSA) is 57.3 Å². The van der Waals surface area contributed by atoms with Crippen molar-refractivity contribution >= 4 is 15.9 Å². The van der Waals surface area contributed by atoms with Crippen LogP contribution in [0.3, 0.4) is 0 Å². The molecule has 6 heteroatoms. The van der Waals surface area contributed by atoms with Crippen LogP contribution in [0.4, 0.5) is 0 Å². The van der Waals surface area contributed by atoms with Crippen LogP contribution >= 0.6 is 15.9 Å². The highest BCUT2D eigenvalue weighted by Crippen LogP contribution is 2.14. The Bertz CT molecular complexity index is 779. The van der Waals surface area contributed by atoms with E-state index in [0.29, 0.717) is 12.3 Å². The maximum absolute atomic E-state index is 11.8. The van der Waals surface area contributed by atoms with Gasteiger partial charge in [-0.05, 0) is 29.8 Å². The first-order valence-electron chi connectivity index (χ1n) is 6.25. The predicted octanol–water partition coefficient (Wildman–Crippen LogP) is 3.17. The molecular formula is C15H11BrN2O3. The number of benzene rings is 2. The molecule has 106 valence electrons. The van der Waals surface area contributed by atoms with Gasteiger partial charge in [0.1, 0.15) is 6.61 Å². The zero-order chi connectivity index (χ0) is 14.7. The third kappa shape index (κ3) is 3.22. The zero-order valence-electron chi connectivity index (χ0n) is 10.9. The van der Waals surface area contributed by atoms with Crippen LogP contribution in [0, 0.1) is 0 Å². The third-order valence-electron chi connectivity index (χ3n) is 2.81. The summed E-state index contributed by atoms with van der Waals surface area (Å²) in [6.07, 6.45) is -0.0493. The van der Waals surface area contributed by atoms with Crippen LogP contribution in [0.15, 0.2) is 68.3 Å². The van der Waals surface area contributed by atoms with E-state index in [9.17, 15) is 4.79 Å². The summed E-state index contributed by atoms with van der Waals surface area (Å²) < 4.78 is 12.5. The van der Waals surface area contributed by atoms with E-state index in [2.05, 4.69) is 21.0 Å². The molecule has 1 heterocycles. The standard InChI is InChI=1S/C15H11BrN2O3/c16-12-6-8-13(9-7-12)18-15(19)21-14(17-18)20-10-11-4-2-1-3-5-11/h1-9H,10H2. The number of halogens is 1. The van der Waals surface area contributed by atoms with E-state index in [1.54, 1.807) is 12.1 Å². The highest BCUT2D eigenvalue weighted by Gasteiger charge is 2.11. The van der Waals surface area contributed by atoms with Gasteiger partial charge < -0.3 is 9.15 Å². The third-order valence-corrected chi connectivity index (χ3v) is 3.33. The summed E-state index contributed by atoms with van der Waals surface area (Å²) in [5, 5.41) is 4.02. The second kappa shape index (κ2) is 5.97. The maximum atomic E-state index is 11.8. The Morgan fingerprint density at radius 2 is 1.81 bits per heavy atom. The highest BCUT2D eigenvalue weighted by molar-refractivity contribution is 9.10. The second-order valence-electron chi connectivity index (χ2n) is 4.30. The fraction of sp³-hybridized carbons (Fsp3) is 0.0667. The van der Waals surface area contributed by atoms with Gasteiger partial charge in [-0.3, -0.25) is 0 Å². The Labute approximate surface area is 128 Å². The Morgan fingerprint density at radius 3 is 2.52 bits per heavy atom. The molecule has 0 saturated heterocycles. The van der Waals surface area contributed by atoms with Gasteiger partial charge in [-0.1, -0.05) is 51.4 Å². The Balaban J connectivity index is 1.78. The fourth-order valence-electron chi connectivity index (χ4n) is 1.78. The molecule has 0 fully saturated rings. The Hall–Kier alpha value is -2.34. The number of hydrogen-bond acceptors (Lipinski definition) is 4. The number of rotatable bonds is 4. The van der Waals surface area contributed by atoms with Crippen LogP contribution in [0.5, 0.6) is 6.08 Å². The lowest BCUT2D eigenvalue weighted by molar-refractivity contribution is 0.215. The number of hydrogen-bond donors (Lipinski definition) is 0. The van der Waals surface area contributed by atoms with Gasteiger partial charge >= 0.3 is 11.8 Å². The zero-order valence-corrected chi connectivity index (χ0v) is 12.5. The van der Waals surface area contributed by atoms with Crippen LogP contribution in [0.2, 0.25) is 0 Å². The van der Waals surface area contributed by atoms with E-state index < -0.39 is 5.76 Å². The van der Waals surface area contributed by atoms with Gasteiger partial charge in [0.05, 0.1) is 5.69 Å². The average molecular weight is 347 g/mol. The van der Waals surface area contributed by atoms with Crippen molar-refractivity contribution in [2.24, 2.45) is 0 Å². The van der Waals surface area contributed by atoms with Crippen molar-refractivity contribution in [2.75, 3.05) is 0 Å². The van der Waals surface area contributed by atoms with Crippen molar-refractivity contribution in [1.82, 2.24) is 9.78 Å². The molecule has 0 spiro atoms. The van der Waals surface area contributed by atoms with E-state index in [0.717, 1.165) is 14.7 Å². The molecule has 0 N–H and O–H groups in total. The van der Waals surface area contributed by atoms with E-state index in [4.69, 9.17) is 9.15 Å².